The lowest BCUT2D eigenvalue weighted by Gasteiger charge is -2.26. The molecule has 114 valence electrons. The molecule has 1 N–H and O–H groups in total. The maximum atomic E-state index is 12.3. The zero-order valence-electron chi connectivity index (χ0n) is 13.2. The van der Waals surface area contributed by atoms with Crippen molar-refractivity contribution in [1.82, 2.24) is 10.2 Å². The van der Waals surface area contributed by atoms with Crippen molar-refractivity contribution in [3.63, 3.8) is 0 Å². The lowest BCUT2D eigenvalue weighted by molar-refractivity contribution is -0.123. The van der Waals surface area contributed by atoms with E-state index in [1.165, 1.54) is 5.57 Å². The van der Waals surface area contributed by atoms with Crippen molar-refractivity contribution in [2.75, 3.05) is 39.4 Å². The summed E-state index contributed by atoms with van der Waals surface area (Å²) in [5.74, 6) is 0.753. The number of hydrogen-bond acceptors (Lipinski definition) is 3. The SMILES string of the molecule is CC(C)=CC1C(C(=O)NCCN2CCOCC2)C1(C)C. The van der Waals surface area contributed by atoms with Crippen LogP contribution in [0.15, 0.2) is 11.6 Å². The Morgan fingerprint density at radius 2 is 2.00 bits per heavy atom. The van der Waals surface area contributed by atoms with Crippen LogP contribution < -0.4 is 5.32 Å². The van der Waals surface area contributed by atoms with Crippen molar-refractivity contribution in [3.8, 4) is 0 Å². The quantitative estimate of drug-likeness (QED) is 0.779. The number of rotatable bonds is 5. The summed E-state index contributed by atoms with van der Waals surface area (Å²) in [7, 11) is 0. The van der Waals surface area contributed by atoms with Gasteiger partial charge in [0.15, 0.2) is 0 Å². The van der Waals surface area contributed by atoms with Crippen molar-refractivity contribution in [2.45, 2.75) is 27.7 Å². The number of nitrogens with zero attached hydrogens (tertiary/aromatic N) is 1. The van der Waals surface area contributed by atoms with Gasteiger partial charge in [0.1, 0.15) is 0 Å². The highest BCUT2D eigenvalue weighted by atomic mass is 16.5. The number of amides is 1. The Morgan fingerprint density at radius 1 is 1.35 bits per heavy atom. The van der Waals surface area contributed by atoms with Crippen molar-refractivity contribution in [3.05, 3.63) is 11.6 Å². The lowest BCUT2D eigenvalue weighted by atomic mass is 10.1. The molecule has 1 saturated heterocycles. The van der Waals surface area contributed by atoms with Crippen LogP contribution in [-0.4, -0.2) is 50.2 Å². The van der Waals surface area contributed by atoms with E-state index in [0.29, 0.717) is 5.92 Å². The van der Waals surface area contributed by atoms with Crippen LogP contribution in [0.1, 0.15) is 27.7 Å². The predicted octanol–water partition coefficient (Wildman–Crippen LogP) is 1.67. The van der Waals surface area contributed by atoms with Crippen LogP contribution in [-0.2, 0) is 9.53 Å². The third-order valence-corrected chi connectivity index (χ3v) is 4.54. The summed E-state index contributed by atoms with van der Waals surface area (Å²) in [4.78, 5) is 14.6. The molecule has 2 aliphatic rings. The first kappa shape index (κ1) is 15.5. The Morgan fingerprint density at radius 3 is 2.60 bits per heavy atom. The normalized spacial score (nSPS) is 28.8. The van der Waals surface area contributed by atoms with E-state index in [9.17, 15) is 4.79 Å². The molecule has 20 heavy (non-hydrogen) atoms. The summed E-state index contributed by atoms with van der Waals surface area (Å²) < 4.78 is 5.32. The van der Waals surface area contributed by atoms with Crippen LogP contribution in [0.2, 0.25) is 0 Å². The minimum absolute atomic E-state index is 0.111. The summed E-state index contributed by atoms with van der Waals surface area (Å²) in [5.41, 5.74) is 1.41. The maximum Gasteiger partial charge on any atom is 0.224 e. The van der Waals surface area contributed by atoms with E-state index in [1.807, 2.05) is 0 Å². The summed E-state index contributed by atoms with van der Waals surface area (Å²) in [6, 6.07) is 0. The highest BCUT2D eigenvalue weighted by molar-refractivity contribution is 5.83. The number of carbonyl (C=O) groups is 1. The lowest BCUT2D eigenvalue weighted by Crippen LogP contribution is -2.41. The second kappa shape index (κ2) is 6.27. The summed E-state index contributed by atoms with van der Waals surface area (Å²) in [6.07, 6.45) is 2.24. The molecular formula is C16H28N2O2. The largest absolute Gasteiger partial charge is 0.379 e. The van der Waals surface area contributed by atoms with Gasteiger partial charge in [0.25, 0.3) is 0 Å². The molecule has 1 heterocycles. The Labute approximate surface area is 122 Å². The van der Waals surface area contributed by atoms with Gasteiger partial charge in [0.05, 0.1) is 19.1 Å². The van der Waals surface area contributed by atoms with Gasteiger partial charge in [-0.2, -0.15) is 0 Å². The molecule has 0 aromatic heterocycles. The van der Waals surface area contributed by atoms with Crippen molar-refractivity contribution in [1.29, 1.82) is 0 Å². The van der Waals surface area contributed by atoms with Crippen LogP contribution in [0.3, 0.4) is 0 Å². The second-order valence-corrected chi connectivity index (χ2v) is 6.81. The standard InChI is InChI=1S/C16H28N2O2/c1-12(2)11-13-14(16(13,3)4)15(19)17-5-6-18-7-9-20-10-8-18/h11,13-14H,5-10H2,1-4H3,(H,17,19). The number of morpholine rings is 1. The van der Waals surface area contributed by atoms with Gasteiger partial charge in [0.2, 0.25) is 5.91 Å². The smallest absolute Gasteiger partial charge is 0.224 e. The minimum Gasteiger partial charge on any atom is -0.379 e. The highest BCUT2D eigenvalue weighted by Crippen LogP contribution is 2.59. The molecule has 0 radical (unpaired) electrons. The van der Waals surface area contributed by atoms with E-state index >= 15 is 0 Å². The Kier molecular flexibility index (Phi) is 4.86. The molecule has 4 heteroatoms. The first-order valence-corrected chi connectivity index (χ1v) is 7.66. The Hall–Kier alpha value is -0.870. The van der Waals surface area contributed by atoms with Gasteiger partial charge in [-0.1, -0.05) is 25.5 Å². The Balaban J connectivity index is 1.74. The van der Waals surface area contributed by atoms with Crippen LogP contribution >= 0.6 is 0 Å². The molecule has 1 amide bonds. The molecule has 0 spiro atoms. The molecule has 2 fully saturated rings. The van der Waals surface area contributed by atoms with E-state index in [1.54, 1.807) is 0 Å². The molecule has 0 aromatic carbocycles. The van der Waals surface area contributed by atoms with Crippen LogP contribution in [0.5, 0.6) is 0 Å². The van der Waals surface area contributed by atoms with Crippen LogP contribution in [0, 0.1) is 17.3 Å². The fourth-order valence-electron chi connectivity index (χ4n) is 3.12. The monoisotopic (exact) mass is 280 g/mol. The van der Waals surface area contributed by atoms with E-state index in [-0.39, 0.29) is 17.2 Å². The average molecular weight is 280 g/mol. The summed E-state index contributed by atoms with van der Waals surface area (Å²) in [5, 5.41) is 3.10. The van der Waals surface area contributed by atoms with Crippen LogP contribution in [0.4, 0.5) is 0 Å². The van der Waals surface area contributed by atoms with Gasteiger partial charge in [-0.25, -0.2) is 0 Å². The number of allylic oxidation sites excluding steroid dienone is 2. The fourth-order valence-corrected chi connectivity index (χ4v) is 3.12. The van der Waals surface area contributed by atoms with E-state index in [4.69, 9.17) is 4.74 Å². The van der Waals surface area contributed by atoms with Crippen molar-refractivity contribution < 1.29 is 9.53 Å². The molecule has 1 aliphatic heterocycles. The second-order valence-electron chi connectivity index (χ2n) is 6.81. The van der Waals surface area contributed by atoms with Gasteiger partial charge >= 0.3 is 0 Å². The first-order valence-electron chi connectivity index (χ1n) is 7.66. The van der Waals surface area contributed by atoms with Gasteiger partial charge in [0, 0.05) is 26.2 Å². The first-order chi connectivity index (χ1) is 9.43. The molecule has 1 saturated carbocycles. The zero-order valence-corrected chi connectivity index (χ0v) is 13.2. The van der Waals surface area contributed by atoms with Gasteiger partial charge < -0.3 is 10.1 Å². The van der Waals surface area contributed by atoms with E-state index < -0.39 is 0 Å². The minimum atomic E-state index is 0.111. The van der Waals surface area contributed by atoms with Gasteiger partial charge in [-0.15, -0.1) is 0 Å². The molecule has 0 aromatic rings. The molecular weight excluding hydrogens is 252 g/mol. The number of nitrogens with one attached hydrogen (secondary N) is 1. The third kappa shape index (κ3) is 3.61. The van der Waals surface area contributed by atoms with Gasteiger partial charge in [-0.3, -0.25) is 9.69 Å². The number of ether oxygens (including phenoxy) is 1. The summed E-state index contributed by atoms with van der Waals surface area (Å²) in [6.45, 7) is 13.8. The molecule has 2 unspecified atom stereocenters. The predicted molar refractivity (Wildman–Crippen MR) is 80.5 cm³/mol. The molecule has 0 bridgehead atoms. The molecule has 2 rings (SSSR count). The third-order valence-electron chi connectivity index (χ3n) is 4.54. The fraction of sp³-hybridized carbons (Fsp3) is 0.812. The highest BCUT2D eigenvalue weighted by Gasteiger charge is 2.60. The van der Waals surface area contributed by atoms with Gasteiger partial charge in [-0.05, 0) is 25.2 Å². The maximum absolute atomic E-state index is 12.3. The number of carbonyl (C=O) groups excluding carboxylic acids is 1. The molecule has 4 nitrogen and oxygen atoms in total. The average Bonchev–Trinajstić information content (AvgIpc) is 2.91. The van der Waals surface area contributed by atoms with Crippen molar-refractivity contribution >= 4 is 5.91 Å². The van der Waals surface area contributed by atoms with E-state index in [0.717, 1.165) is 39.4 Å². The molecule has 1 aliphatic carbocycles. The topological polar surface area (TPSA) is 41.6 Å². The number of hydrogen-bond donors (Lipinski definition) is 1. The Bertz CT molecular complexity index is 380. The zero-order chi connectivity index (χ0) is 14.8. The van der Waals surface area contributed by atoms with Crippen molar-refractivity contribution in [2.24, 2.45) is 17.3 Å². The van der Waals surface area contributed by atoms with E-state index in [2.05, 4.69) is 44.0 Å². The summed E-state index contributed by atoms with van der Waals surface area (Å²) >= 11 is 0. The molecule has 2 atom stereocenters. The van der Waals surface area contributed by atoms with Crippen LogP contribution in [0.25, 0.3) is 0 Å².